The topological polar surface area (TPSA) is 173 Å². The van der Waals surface area contributed by atoms with Crippen LogP contribution in [0.5, 0.6) is 5.75 Å². The van der Waals surface area contributed by atoms with Gasteiger partial charge in [-0.15, -0.1) is 0 Å². The number of allylic oxidation sites excluding steroid dienone is 1. The molecule has 304 valence electrons. The smallest absolute Gasteiger partial charge is 0.408 e. The summed E-state index contributed by atoms with van der Waals surface area (Å²) in [4.78, 5) is 63.2. The first-order valence-corrected chi connectivity index (χ1v) is 21.9. The van der Waals surface area contributed by atoms with Crippen molar-refractivity contribution in [2.24, 2.45) is 5.92 Å². The third-order valence-corrected chi connectivity index (χ3v) is 14.7. The van der Waals surface area contributed by atoms with Crippen LogP contribution in [0.1, 0.15) is 121 Å². The number of amides is 4. The predicted octanol–water partition coefficient (Wildman–Crippen LogP) is 4.99. The number of fused-ring (bicyclic) bond motifs is 5. The molecule has 3 N–H and O–H groups in total. The molecule has 3 fully saturated rings. The van der Waals surface area contributed by atoms with E-state index < -0.39 is 73.3 Å². The van der Waals surface area contributed by atoms with Gasteiger partial charge in [0.15, 0.2) is 5.54 Å². The number of ether oxygens (including phenoxy) is 2. The molecule has 1 aromatic heterocycles. The van der Waals surface area contributed by atoms with Crippen molar-refractivity contribution in [2.75, 3.05) is 6.54 Å². The Morgan fingerprint density at radius 3 is 2.54 bits per heavy atom. The van der Waals surface area contributed by atoms with Crippen LogP contribution in [0.3, 0.4) is 0 Å². The highest BCUT2D eigenvalue weighted by Crippen LogP contribution is 2.47. The van der Waals surface area contributed by atoms with Gasteiger partial charge >= 0.3 is 6.09 Å². The molecule has 57 heavy (non-hydrogen) atoms. The van der Waals surface area contributed by atoms with E-state index in [1.807, 2.05) is 13.0 Å². The van der Waals surface area contributed by atoms with Gasteiger partial charge in [-0.05, 0) is 116 Å². The van der Waals surface area contributed by atoms with E-state index in [1.54, 1.807) is 33.8 Å². The third-order valence-electron chi connectivity index (χ3n) is 12.5. The first-order chi connectivity index (χ1) is 26.9. The molecule has 5 unspecified atom stereocenters. The largest absolute Gasteiger partial charge is 0.483 e. The van der Waals surface area contributed by atoms with E-state index in [9.17, 15) is 27.6 Å². The number of rotatable bonds is 5. The number of hydrogen-bond acceptors (Lipinski definition) is 9. The number of hydrogen-bond donors (Lipinski definition) is 3. The molecule has 3 aliphatic heterocycles. The Hall–Kier alpha value is -4.64. The standard InChI is InChI=1S/C43H53N5O8S/c1-26-35-30(31-23-28(27-13-14-27)15-16-32(31)44-26)18-19-42(55-35)24-34-36(49)46-43(38(51)47-57(53,54)41(5)21-22-41)20-17-29(43)11-9-7-6-8-10-12-33(37(50)48(34)25-42)45-39(52)56-40(2,3)4/h9,11,15-16,23,27,29,33-34H,6-8,10,12-14,18-19,21-22,24-25H2,1-5H3,(H,45,52)(H,46,49)(H,47,51). The van der Waals surface area contributed by atoms with Crippen LogP contribution in [-0.2, 0) is 35.6 Å². The number of carbonyl (C=O) groups excluding carboxylic acids is 4. The van der Waals surface area contributed by atoms with E-state index in [4.69, 9.17) is 14.5 Å². The van der Waals surface area contributed by atoms with Gasteiger partial charge in [0.2, 0.25) is 21.8 Å². The van der Waals surface area contributed by atoms with E-state index in [-0.39, 0.29) is 13.0 Å². The number of pyridine rings is 1. The highest BCUT2D eigenvalue weighted by molar-refractivity contribution is 7.91. The zero-order valence-electron chi connectivity index (χ0n) is 33.5. The summed E-state index contributed by atoms with van der Waals surface area (Å²) in [6.07, 6.45) is 10.4. The summed E-state index contributed by atoms with van der Waals surface area (Å²) in [7, 11) is -4.06. The summed E-state index contributed by atoms with van der Waals surface area (Å²) in [6, 6.07) is 4.30. The number of aromatic nitrogens is 1. The lowest BCUT2D eigenvalue weighted by Crippen LogP contribution is -2.68. The van der Waals surface area contributed by atoms with Crippen molar-refractivity contribution in [1.29, 1.82) is 0 Å². The maximum Gasteiger partial charge on any atom is 0.408 e. The molecule has 2 aromatic rings. The average Bonchev–Trinajstić information content (AvgIpc) is 4.08. The minimum absolute atomic E-state index is 0.0381. The molecule has 6 aliphatic rings. The molecule has 2 saturated carbocycles. The Morgan fingerprint density at radius 2 is 1.86 bits per heavy atom. The van der Waals surface area contributed by atoms with Gasteiger partial charge in [-0.25, -0.2) is 22.9 Å². The van der Waals surface area contributed by atoms with Gasteiger partial charge in [-0.1, -0.05) is 42.9 Å². The number of sulfonamides is 1. The summed E-state index contributed by atoms with van der Waals surface area (Å²) in [6.45, 7) is 8.75. The molecule has 3 aliphatic carbocycles. The SMILES string of the molecule is Cc1nc2ccc(C3CC3)cc2c2c1OC1(CC2)CC2C(=O)NC3(C(=O)NS(=O)(=O)C4(C)CC4)C#CC3C=CCCCCCC(NC(=O)OC(C)(C)C)C(=O)N2C1. The molecular weight excluding hydrogens is 747 g/mol. The first-order valence-electron chi connectivity index (χ1n) is 20.4. The van der Waals surface area contributed by atoms with Crippen molar-refractivity contribution in [3.63, 3.8) is 0 Å². The molecule has 14 heteroatoms. The average molecular weight is 800 g/mol. The van der Waals surface area contributed by atoms with Crippen LogP contribution >= 0.6 is 0 Å². The van der Waals surface area contributed by atoms with Crippen LogP contribution in [-0.4, -0.2) is 82.2 Å². The van der Waals surface area contributed by atoms with Crippen molar-refractivity contribution in [2.45, 2.75) is 151 Å². The van der Waals surface area contributed by atoms with E-state index in [2.05, 4.69) is 45.4 Å². The number of alkyl carbamates (subject to hydrolysis) is 1. The second kappa shape index (κ2) is 14.0. The molecular formula is C43H53N5O8S. The number of benzene rings is 1. The summed E-state index contributed by atoms with van der Waals surface area (Å²) in [5, 5.41) is 6.70. The van der Waals surface area contributed by atoms with Crippen molar-refractivity contribution in [3.8, 4) is 17.6 Å². The number of nitrogens with one attached hydrogen (secondary N) is 3. The van der Waals surface area contributed by atoms with Crippen molar-refractivity contribution >= 4 is 44.7 Å². The molecule has 4 heterocycles. The van der Waals surface area contributed by atoms with E-state index >= 15 is 0 Å². The third kappa shape index (κ3) is 7.48. The minimum Gasteiger partial charge on any atom is -0.483 e. The summed E-state index contributed by atoms with van der Waals surface area (Å²) < 4.78 is 40.3. The van der Waals surface area contributed by atoms with E-state index in [1.165, 1.54) is 23.3 Å². The lowest BCUT2D eigenvalue weighted by atomic mass is 9.75. The molecule has 1 spiro atoms. The van der Waals surface area contributed by atoms with Crippen LogP contribution in [0, 0.1) is 24.7 Å². The van der Waals surface area contributed by atoms with Crippen molar-refractivity contribution in [3.05, 3.63) is 47.2 Å². The monoisotopic (exact) mass is 799 g/mol. The van der Waals surface area contributed by atoms with Crippen molar-refractivity contribution < 1.29 is 37.1 Å². The van der Waals surface area contributed by atoms with Gasteiger partial charge in [0, 0.05) is 17.4 Å². The van der Waals surface area contributed by atoms with Crippen LogP contribution in [0.2, 0.25) is 0 Å². The molecule has 0 radical (unpaired) electrons. The fraction of sp³-hybridized carbons (Fsp3) is 0.605. The summed E-state index contributed by atoms with van der Waals surface area (Å²) in [5.74, 6) is 4.12. The fourth-order valence-corrected chi connectivity index (χ4v) is 9.93. The maximum atomic E-state index is 14.8. The highest BCUT2D eigenvalue weighted by Gasteiger charge is 2.58. The molecule has 1 saturated heterocycles. The van der Waals surface area contributed by atoms with Gasteiger partial charge in [0.05, 0.1) is 28.4 Å². The summed E-state index contributed by atoms with van der Waals surface area (Å²) >= 11 is 0. The molecule has 5 atom stereocenters. The Bertz CT molecular complexity index is 2250. The maximum absolute atomic E-state index is 14.8. The lowest BCUT2D eigenvalue weighted by Gasteiger charge is -2.38. The van der Waals surface area contributed by atoms with Crippen LogP contribution in [0.4, 0.5) is 4.79 Å². The van der Waals surface area contributed by atoms with Gasteiger partial charge in [-0.3, -0.25) is 14.4 Å². The molecule has 4 amide bonds. The van der Waals surface area contributed by atoms with Crippen LogP contribution in [0.15, 0.2) is 30.4 Å². The molecule has 13 nitrogen and oxygen atoms in total. The second-order valence-electron chi connectivity index (χ2n) is 18.2. The molecule has 8 rings (SSSR count). The minimum atomic E-state index is -4.06. The zero-order valence-corrected chi connectivity index (χ0v) is 34.3. The van der Waals surface area contributed by atoms with E-state index in [0.717, 1.165) is 29.3 Å². The zero-order chi connectivity index (χ0) is 40.5. The predicted molar refractivity (Wildman–Crippen MR) is 212 cm³/mol. The van der Waals surface area contributed by atoms with E-state index in [0.29, 0.717) is 62.3 Å². The van der Waals surface area contributed by atoms with Crippen LogP contribution < -0.4 is 20.1 Å². The Kier molecular flexibility index (Phi) is 9.65. The Labute approximate surface area is 334 Å². The van der Waals surface area contributed by atoms with Gasteiger partial charge in [0.1, 0.15) is 29.0 Å². The summed E-state index contributed by atoms with van der Waals surface area (Å²) in [5.41, 5.74) is 0.257. The molecule has 1 aromatic carbocycles. The number of carbonyl (C=O) groups is 4. The van der Waals surface area contributed by atoms with Gasteiger partial charge in [0.25, 0.3) is 5.91 Å². The van der Waals surface area contributed by atoms with Crippen LogP contribution in [0.25, 0.3) is 10.9 Å². The Morgan fingerprint density at radius 1 is 1.09 bits per heavy atom. The quantitative estimate of drug-likeness (QED) is 0.279. The lowest BCUT2D eigenvalue weighted by molar-refractivity contribution is -0.142. The van der Waals surface area contributed by atoms with Gasteiger partial charge in [-0.2, -0.15) is 0 Å². The number of aryl methyl sites for hydroxylation is 2. The highest BCUT2D eigenvalue weighted by atomic mass is 32.2. The normalized spacial score (nSPS) is 29.5. The first kappa shape index (κ1) is 39.2. The fourth-order valence-electron chi connectivity index (χ4n) is 8.64. The van der Waals surface area contributed by atoms with Crippen molar-refractivity contribution in [1.82, 2.24) is 25.2 Å². The second-order valence-corrected chi connectivity index (χ2v) is 20.4. The molecule has 0 bridgehead atoms. The number of nitrogens with zero attached hydrogens (tertiary/aromatic N) is 2. The Balaban J connectivity index is 1.15. The van der Waals surface area contributed by atoms with Gasteiger partial charge < -0.3 is 25.0 Å².